The molecule has 1 fully saturated rings. The highest BCUT2D eigenvalue weighted by Gasteiger charge is 2.31. The van der Waals surface area contributed by atoms with E-state index in [-0.39, 0.29) is 6.10 Å². The molecule has 4 aromatic heterocycles. The van der Waals surface area contributed by atoms with Crippen molar-refractivity contribution < 1.29 is 9.47 Å². The first-order valence-electron chi connectivity index (χ1n) is 10.8. The molecule has 0 spiro atoms. The number of nitrogens with one attached hydrogen (secondary N) is 1. The molecule has 0 atom stereocenters. The van der Waals surface area contributed by atoms with Gasteiger partial charge >= 0.3 is 0 Å². The number of imidazole rings is 1. The van der Waals surface area contributed by atoms with Crippen LogP contribution in [0.4, 0.5) is 5.82 Å². The Kier molecular flexibility index (Phi) is 5.40. The monoisotopic (exact) mass is 436 g/mol. The van der Waals surface area contributed by atoms with E-state index in [4.69, 9.17) is 19.6 Å². The molecule has 0 amide bonds. The van der Waals surface area contributed by atoms with Gasteiger partial charge in [0.2, 0.25) is 5.82 Å². The number of methoxy groups -OCH3 is 1. The average Bonchev–Trinajstić information content (AvgIpc) is 3.44. The minimum atomic E-state index is 0.256. The highest BCUT2D eigenvalue weighted by Crippen LogP contribution is 2.33. The van der Waals surface area contributed by atoms with Crippen LogP contribution in [-0.4, -0.2) is 66.4 Å². The Morgan fingerprint density at radius 1 is 1.16 bits per heavy atom. The molecule has 0 aromatic carbocycles. The molecule has 168 valence electrons. The molecule has 1 aliphatic carbocycles. The van der Waals surface area contributed by atoms with Crippen LogP contribution in [0.1, 0.15) is 18.4 Å². The summed E-state index contributed by atoms with van der Waals surface area (Å²) < 4.78 is 16.5. The van der Waals surface area contributed by atoms with Gasteiger partial charge in [-0.3, -0.25) is 4.68 Å². The minimum absolute atomic E-state index is 0.256. The van der Waals surface area contributed by atoms with Crippen LogP contribution in [-0.2, 0) is 23.6 Å². The average molecular weight is 437 g/mol. The number of nitrogens with zero attached hydrogens (tertiary/aromatic N) is 7. The van der Waals surface area contributed by atoms with Crippen molar-refractivity contribution in [2.45, 2.75) is 31.9 Å². The van der Waals surface area contributed by atoms with Gasteiger partial charge in [0.15, 0.2) is 11.6 Å². The van der Waals surface area contributed by atoms with Gasteiger partial charge in [-0.2, -0.15) is 5.10 Å². The maximum Gasteiger partial charge on any atom is 0.218 e. The molecule has 4 aromatic rings. The van der Waals surface area contributed by atoms with Gasteiger partial charge in [-0.05, 0) is 31.4 Å². The van der Waals surface area contributed by atoms with E-state index < -0.39 is 0 Å². The summed E-state index contributed by atoms with van der Waals surface area (Å²) in [5.41, 5.74) is 3.99. The fourth-order valence-corrected chi connectivity index (χ4v) is 4.14. The molecule has 10 nitrogen and oxygen atoms in total. The van der Waals surface area contributed by atoms with Crippen LogP contribution in [0.25, 0.3) is 28.4 Å². The van der Waals surface area contributed by atoms with Crippen LogP contribution in [0.3, 0.4) is 0 Å². The number of aryl methyl sites for hydroxylation is 3. The van der Waals surface area contributed by atoms with E-state index in [0.717, 1.165) is 46.8 Å². The Labute approximate surface area is 186 Å². The second-order valence-electron chi connectivity index (χ2n) is 8.28. The summed E-state index contributed by atoms with van der Waals surface area (Å²) in [6.07, 6.45) is 9.73. The van der Waals surface area contributed by atoms with Crippen molar-refractivity contribution in [3.8, 4) is 22.9 Å². The Morgan fingerprint density at radius 2 is 2.00 bits per heavy atom. The van der Waals surface area contributed by atoms with Gasteiger partial charge in [-0.25, -0.2) is 14.5 Å². The molecule has 0 unspecified atom stereocenters. The van der Waals surface area contributed by atoms with Crippen LogP contribution in [0.2, 0.25) is 0 Å². The smallest absolute Gasteiger partial charge is 0.218 e. The van der Waals surface area contributed by atoms with Gasteiger partial charge in [0.05, 0.1) is 25.0 Å². The van der Waals surface area contributed by atoms with Crippen LogP contribution >= 0.6 is 0 Å². The van der Waals surface area contributed by atoms with Crippen molar-refractivity contribution in [1.82, 2.24) is 33.9 Å². The summed E-state index contributed by atoms with van der Waals surface area (Å²) in [6, 6.07) is 2.30. The van der Waals surface area contributed by atoms with Gasteiger partial charge in [0.1, 0.15) is 5.52 Å². The van der Waals surface area contributed by atoms with Crippen LogP contribution < -0.4 is 5.32 Å². The van der Waals surface area contributed by atoms with Gasteiger partial charge in [-0.1, -0.05) is 0 Å². The number of hydrogen-bond donors (Lipinski definition) is 1. The standard InChI is InChI=1S/C22H28N8O2/c1-14-17(18-5-7-29(3)26-18)13-30-19(14)20(24-15-11-16(12-15)32-10-9-31-4)25-21(27-30)22-23-6-8-28(22)2/h5-8,13,15-16H,9-12H2,1-4H3,(H,24,25,27). The summed E-state index contributed by atoms with van der Waals surface area (Å²) in [5, 5.41) is 13.0. The van der Waals surface area contributed by atoms with Crippen molar-refractivity contribution in [3.63, 3.8) is 0 Å². The van der Waals surface area contributed by atoms with Gasteiger partial charge in [0.25, 0.3) is 0 Å². The first-order chi connectivity index (χ1) is 15.5. The van der Waals surface area contributed by atoms with Crippen molar-refractivity contribution in [1.29, 1.82) is 0 Å². The van der Waals surface area contributed by atoms with Crippen LogP contribution in [0, 0.1) is 6.92 Å². The molecule has 32 heavy (non-hydrogen) atoms. The van der Waals surface area contributed by atoms with E-state index in [2.05, 4.69) is 22.3 Å². The summed E-state index contributed by atoms with van der Waals surface area (Å²) >= 11 is 0. The molecule has 5 rings (SSSR count). The summed E-state index contributed by atoms with van der Waals surface area (Å²) in [6.45, 7) is 3.33. The maximum absolute atomic E-state index is 5.83. The Bertz CT molecular complexity index is 1230. The van der Waals surface area contributed by atoms with Crippen LogP contribution in [0.5, 0.6) is 0 Å². The second-order valence-corrected chi connectivity index (χ2v) is 8.28. The van der Waals surface area contributed by atoms with Crippen LogP contribution in [0.15, 0.2) is 30.9 Å². The fraction of sp³-hybridized carbons (Fsp3) is 0.455. The van der Waals surface area contributed by atoms with Crippen molar-refractivity contribution in [2.24, 2.45) is 14.1 Å². The lowest BCUT2D eigenvalue weighted by molar-refractivity contribution is -0.0261. The van der Waals surface area contributed by atoms with Gasteiger partial charge in [0, 0.05) is 57.6 Å². The highest BCUT2D eigenvalue weighted by atomic mass is 16.5. The molecular weight excluding hydrogens is 408 g/mol. The number of fused-ring (bicyclic) bond motifs is 1. The zero-order chi connectivity index (χ0) is 22.2. The predicted octanol–water partition coefficient (Wildman–Crippen LogP) is 2.44. The molecule has 1 saturated carbocycles. The SMILES string of the molecule is COCCOC1CC(Nc2nc(-c3nccn3C)nn3cc(-c4ccn(C)n4)c(C)c23)C1. The van der Waals surface area contributed by atoms with E-state index in [9.17, 15) is 0 Å². The fourth-order valence-electron chi connectivity index (χ4n) is 4.14. The summed E-state index contributed by atoms with van der Waals surface area (Å²) in [4.78, 5) is 9.33. The molecule has 1 N–H and O–H groups in total. The first kappa shape index (κ1) is 20.7. The number of rotatable bonds is 8. The van der Waals surface area contributed by atoms with E-state index in [1.807, 2.05) is 47.8 Å². The lowest BCUT2D eigenvalue weighted by Gasteiger charge is -2.36. The van der Waals surface area contributed by atoms with Crippen molar-refractivity contribution in [3.05, 3.63) is 36.4 Å². The first-order valence-corrected chi connectivity index (χ1v) is 10.8. The number of aromatic nitrogens is 7. The largest absolute Gasteiger partial charge is 0.382 e. The van der Waals surface area contributed by atoms with E-state index in [1.54, 1.807) is 18.0 Å². The lowest BCUT2D eigenvalue weighted by Crippen LogP contribution is -2.41. The molecule has 1 aliphatic rings. The summed E-state index contributed by atoms with van der Waals surface area (Å²) in [5.74, 6) is 2.09. The Morgan fingerprint density at radius 3 is 2.69 bits per heavy atom. The molecule has 0 aliphatic heterocycles. The molecule has 10 heteroatoms. The second kappa shape index (κ2) is 8.36. The Hall–Kier alpha value is -3.24. The highest BCUT2D eigenvalue weighted by molar-refractivity contribution is 5.82. The summed E-state index contributed by atoms with van der Waals surface area (Å²) in [7, 11) is 5.55. The quantitative estimate of drug-likeness (QED) is 0.424. The third-order valence-electron chi connectivity index (χ3n) is 5.97. The molecule has 4 heterocycles. The zero-order valence-corrected chi connectivity index (χ0v) is 18.8. The van der Waals surface area contributed by atoms with Gasteiger partial charge in [-0.15, -0.1) is 5.10 Å². The van der Waals surface area contributed by atoms with Crippen molar-refractivity contribution in [2.75, 3.05) is 25.6 Å². The zero-order valence-electron chi connectivity index (χ0n) is 18.8. The molecule has 0 radical (unpaired) electrons. The Balaban J connectivity index is 1.50. The van der Waals surface area contributed by atoms with E-state index in [1.165, 1.54) is 0 Å². The van der Waals surface area contributed by atoms with E-state index in [0.29, 0.717) is 25.1 Å². The number of ether oxygens (including phenoxy) is 2. The number of anilines is 1. The molecule has 0 saturated heterocycles. The third kappa shape index (κ3) is 3.76. The topological polar surface area (TPSA) is 96.3 Å². The third-order valence-corrected chi connectivity index (χ3v) is 5.97. The minimum Gasteiger partial charge on any atom is -0.382 e. The van der Waals surface area contributed by atoms with Crippen molar-refractivity contribution >= 4 is 11.3 Å². The van der Waals surface area contributed by atoms with E-state index >= 15 is 0 Å². The predicted molar refractivity (Wildman–Crippen MR) is 120 cm³/mol. The maximum atomic E-state index is 5.83. The molecular formula is C22H28N8O2. The lowest BCUT2D eigenvalue weighted by atomic mass is 9.89. The molecule has 0 bridgehead atoms. The number of hydrogen-bond acceptors (Lipinski definition) is 7. The van der Waals surface area contributed by atoms with Gasteiger partial charge < -0.3 is 19.4 Å². The normalized spacial score (nSPS) is 18.2.